The van der Waals surface area contributed by atoms with Gasteiger partial charge in [-0.25, -0.2) is 4.79 Å². The first-order valence-corrected chi connectivity index (χ1v) is 17.9. The molecule has 43 heavy (non-hydrogen) atoms. The Balaban J connectivity index is 1.24. The molecular formula is C33H42N6O3Si. The average Bonchev–Trinajstić information content (AvgIpc) is 3.30. The number of hydrogen-bond donors (Lipinski definition) is 0. The normalized spacial score (nSPS) is 16.7. The van der Waals surface area contributed by atoms with Crippen LogP contribution in [0.2, 0.25) is 18.1 Å². The summed E-state index contributed by atoms with van der Waals surface area (Å²) in [6.07, 6.45) is 4.16. The van der Waals surface area contributed by atoms with E-state index >= 15 is 0 Å². The van der Waals surface area contributed by atoms with Gasteiger partial charge in [0, 0.05) is 51.5 Å². The highest BCUT2D eigenvalue weighted by molar-refractivity contribution is 6.74. The number of urea groups is 1. The molecule has 3 aromatic rings. The van der Waals surface area contributed by atoms with E-state index in [1.165, 1.54) is 21.8 Å². The van der Waals surface area contributed by atoms with Crippen LogP contribution in [-0.4, -0.2) is 77.4 Å². The van der Waals surface area contributed by atoms with Crippen molar-refractivity contribution in [1.29, 1.82) is 5.26 Å². The topological polar surface area (TPSA) is 94.7 Å². The van der Waals surface area contributed by atoms with E-state index in [2.05, 4.69) is 68.0 Å². The average molecular weight is 599 g/mol. The first-order chi connectivity index (χ1) is 20.4. The summed E-state index contributed by atoms with van der Waals surface area (Å²) in [6, 6.07) is 17.2. The monoisotopic (exact) mass is 598 g/mol. The number of aromatic nitrogens is 2. The molecule has 1 saturated heterocycles. The number of hydrogen-bond acceptors (Lipinski definition) is 6. The van der Waals surface area contributed by atoms with Crippen molar-refractivity contribution >= 4 is 14.3 Å². The van der Waals surface area contributed by atoms with Crippen LogP contribution in [0.15, 0.2) is 65.7 Å². The van der Waals surface area contributed by atoms with Crippen LogP contribution in [0.1, 0.15) is 43.2 Å². The molecule has 0 aliphatic carbocycles. The molecule has 10 heteroatoms. The van der Waals surface area contributed by atoms with Crippen LogP contribution in [0.4, 0.5) is 4.79 Å². The van der Waals surface area contributed by atoms with Crippen LogP contribution in [0.5, 0.6) is 0 Å². The SMILES string of the molecule is CC(C)(C)[Si](C)(C)OC(CN1CCc2ccccc2C1)CN1CCN(Cc2ccc(-n3ccc(C#N)cc3=O)cn2)C1=O. The van der Waals surface area contributed by atoms with Crippen molar-refractivity contribution in [2.24, 2.45) is 0 Å². The zero-order valence-corrected chi connectivity index (χ0v) is 26.9. The number of rotatable bonds is 9. The van der Waals surface area contributed by atoms with E-state index in [0.29, 0.717) is 37.4 Å². The van der Waals surface area contributed by atoms with E-state index in [9.17, 15) is 9.59 Å². The minimum Gasteiger partial charge on any atom is -0.411 e. The molecule has 2 aliphatic rings. The number of pyridine rings is 2. The van der Waals surface area contributed by atoms with Gasteiger partial charge in [0.2, 0.25) is 0 Å². The Morgan fingerprint density at radius 1 is 1.00 bits per heavy atom. The Bertz CT molecular complexity index is 1560. The number of carbonyl (C=O) groups excluding carboxylic acids is 1. The third kappa shape index (κ3) is 7.07. The summed E-state index contributed by atoms with van der Waals surface area (Å²) in [7, 11) is -2.07. The summed E-state index contributed by atoms with van der Waals surface area (Å²) in [5, 5.41) is 9.09. The van der Waals surface area contributed by atoms with Gasteiger partial charge >= 0.3 is 6.03 Å². The Labute approximate surface area is 255 Å². The second-order valence-electron chi connectivity index (χ2n) is 13.1. The molecule has 2 aromatic heterocycles. The molecule has 5 rings (SSSR count). The van der Waals surface area contributed by atoms with Crippen LogP contribution in [-0.2, 0) is 23.9 Å². The van der Waals surface area contributed by atoms with Crippen LogP contribution in [0, 0.1) is 11.3 Å². The highest BCUT2D eigenvalue weighted by atomic mass is 28.4. The van der Waals surface area contributed by atoms with E-state index in [4.69, 9.17) is 9.69 Å². The van der Waals surface area contributed by atoms with Gasteiger partial charge in [-0.15, -0.1) is 0 Å². The number of fused-ring (bicyclic) bond motifs is 1. The summed E-state index contributed by atoms with van der Waals surface area (Å²) in [5.74, 6) is 0. The lowest BCUT2D eigenvalue weighted by Crippen LogP contribution is -2.51. The van der Waals surface area contributed by atoms with E-state index in [1.807, 2.05) is 28.0 Å². The molecule has 1 unspecified atom stereocenters. The second kappa shape index (κ2) is 12.4. The number of nitriles is 1. The van der Waals surface area contributed by atoms with Gasteiger partial charge in [-0.05, 0) is 53.9 Å². The predicted octanol–water partition coefficient (Wildman–Crippen LogP) is 4.79. The lowest BCUT2D eigenvalue weighted by atomic mass is 10.00. The molecule has 0 N–H and O–H groups in total. The van der Waals surface area contributed by atoms with Gasteiger partial charge in [-0.3, -0.25) is 19.2 Å². The molecule has 0 bridgehead atoms. The minimum atomic E-state index is -2.07. The lowest BCUT2D eigenvalue weighted by Gasteiger charge is -2.42. The van der Waals surface area contributed by atoms with Gasteiger partial charge in [-0.1, -0.05) is 45.0 Å². The Morgan fingerprint density at radius 2 is 1.74 bits per heavy atom. The molecule has 0 saturated carbocycles. The zero-order chi connectivity index (χ0) is 30.8. The zero-order valence-electron chi connectivity index (χ0n) is 25.9. The first-order valence-electron chi connectivity index (χ1n) is 15.0. The summed E-state index contributed by atoms with van der Waals surface area (Å²) < 4.78 is 8.41. The standard InChI is InChI=1S/C33H42N6O3Si/c1-33(2,3)43(4,5)42-30(23-36-14-13-26-8-6-7-9-27(26)21-36)24-38-17-16-37(32(38)41)22-28-10-11-29(20-35-28)39-15-12-25(19-34)18-31(39)40/h6-12,15,18,20,30H,13-14,16-17,21-24H2,1-5H3. The largest absolute Gasteiger partial charge is 0.411 e. The molecule has 1 aromatic carbocycles. The fraction of sp³-hybridized carbons (Fsp3) is 0.455. The third-order valence-electron chi connectivity index (χ3n) is 9.03. The van der Waals surface area contributed by atoms with Gasteiger partial charge in [0.1, 0.15) is 0 Å². The van der Waals surface area contributed by atoms with E-state index in [-0.39, 0.29) is 22.7 Å². The first kappa shape index (κ1) is 30.7. The maximum atomic E-state index is 13.6. The smallest absolute Gasteiger partial charge is 0.320 e. The molecule has 2 amide bonds. The molecule has 9 nitrogen and oxygen atoms in total. The lowest BCUT2D eigenvalue weighted by molar-refractivity contribution is 0.0878. The maximum absolute atomic E-state index is 13.6. The summed E-state index contributed by atoms with van der Waals surface area (Å²) in [5.41, 5.74) is 4.20. The molecular weight excluding hydrogens is 556 g/mol. The third-order valence-corrected chi connectivity index (χ3v) is 13.6. The molecule has 1 atom stereocenters. The number of benzene rings is 1. The molecule has 2 aliphatic heterocycles. The van der Waals surface area contributed by atoms with Gasteiger partial charge in [0.05, 0.1) is 41.9 Å². The van der Waals surface area contributed by atoms with E-state index in [0.717, 1.165) is 31.7 Å². The van der Waals surface area contributed by atoms with Crippen molar-refractivity contribution in [2.45, 2.75) is 64.5 Å². The highest BCUT2D eigenvalue weighted by Gasteiger charge is 2.41. The van der Waals surface area contributed by atoms with Crippen molar-refractivity contribution < 1.29 is 9.22 Å². The van der Waals surface area contributed by atoms with Crippen molar-refractivity contribution in [3.63, 3.8) is 0 Å². The van der Waals surface area contributed by atoms with Crippen molar-refractivity contribution in [3.05, 3.63) is 93.7 Å². The van der Waals surface area contributed by atoms with Gasteiger partial charge in [0.25, 0.3) is 5.56 Å². The number of amides is 2. The van der Waals surface area contributed by atoms with E-state index < -0.39 is 8.32 Å². The molecule has 1 fully saturated rings. The molecule has 0 radical (unpaired) electrons. The van der Waals surface area contributed by atoms with Crippen LogP contribution in [0.25, 0.3) is 5.69 Å². The predicted molar refractivity (Wildman–Crippen MR) is 169 cm³/mol. The number of carbonyl (C=O) groups is 1. The highest BCUT2D eigenvalue weighted by Crippen LogP contribution is 2.37. The van der Waals surface area contributed by atoms with Gasteiger partial charge < -0.3 is 14.2 Å². The van der Waals surface area contributed by atoms with Crippen LogP contribution in [0.3, 0.4) is 0 Å². The maximum Gasteiger partial charge on any atom is 0.320 e. The number of nitrogens with zero attached hydrogens (tertiary/aromatic N) is 6. The Morgan fingerprint density at radius 3 is 2.42 bits per heavy atom. The second-order valence-corrected chi connectivity index (χ2v) is 17.9. The fourth-order valence-electron chi connectivity index (χ4n) is 5.53. The van der Waals surface area contributed by atoms with Gasteiger partial charge in [-0.2, -0.15) is 5.26 Å². The summed E-state index contributed by atoms with van der Waals surface area (Å²) in [6.45, 7) is 16.3. The van der Waals surface area contributed by atoms with Crippen LogP contribution >= 0.6 is 0 Å². The Hall–Kier alpha value is -3.78. The van der Waals surface area contributed by atoms with Crippen molar-refractivity contribution in [1.82, 2.24) is 24.3 Å². The summed E-state index contributed by atoms with van der Waals surface area (Å²) in [4.78, 5) is 36.7. The molecule has 0 spiro atoms. The van der Waals surface area contributed by atoms with E-state index in [1.54, 1.807) is 18.5 Å². The molecule has 226 valence electrons. The van der Waals surface area contributed by atoms with Crippen LogP contribution < -0.4 is 5.56 Å². The fourth-order valence-corrected chi connectivity index (χ4v) is 6.86. The van der Waals surface area contributed by atoms with Crippen molar-refractivity contribution in [2.75, 3.05) is 32.7 Å². The molecule has 4 heterocycles. The van der Waals surface area contributed by atoms with Gasteiger partial charge in [0.15, 0.2) is 8.32 Å². The minimum absolute atomic E-state index is 0.00186. The van der Waals surface area contributed by atoms with Crippen molar-refractivity contribution in [3.8, 4) is 11.8 Å². The quantitative estimate of drug-likeness (QED) is 0.329. The summed E-state index contributed by atoms with van der Waals surface area (Å²) >= 11 is 0. The Kier molecular flexibility index (Phi) is 8.88.